The minimum Gasteiger partial charge on any atom is -0.462 e. The number of hydrogen-bond acceptors (Lipinski definition) is 4. The molecule has 0 saturated carbocycles. The molecule has 24 heavy (non-hydrogen) atoms. The highest BCUT2D eigenvalue weighted by atomic mass is 32.2. The van der Waals surface area contributed by atoms with Gasteiger partial charge in [0.25, 0.3) is 10.0 Å². The number of halogens is 1. The van der Waals surface area contributed by atoms with E-state index in [0.29, 0.717) is 16.8 Å². The highest BCUT2D eigenvalue weighted by Gasteiger charge is 2.23. The van der Waals surface area contributed by atoms with Crippen molar-refractivity contribution in [2.75, 3.05) is 18.0 Å². The zero-order valence-electron chi connectivity index (χ0n) is 13.6. The Labute approximate surface area is 140 Å². The van der Waals surface area contributed by atoms with Gasteiger partial charge in [-0.05, 0) is 61.9 Å². The van der Waals surface area contributed by atoms with Crippen LogP contribution >= 0.6 is 0 Å². The van der Waals surface area contributed by atoms with Gasteiger partial charge in [0.2, 0.25) is 0 Å². The van der Waals surface area contributed by atoms with Crippen molar-refractivity contribution in [3.63, 3.8) is 0 Å². The fourth-order valence-electron chi connectivity index (χ4n) is 2.24. The van der Waals surface area contributed by atoms with Crippen LogP contribution < -0.4 is 4.31 Å². The largest absolute Gasteiger partial charge is 0.462 e. The van der Waals surface area contributed by atoms with E-state index in [1.165, 1.54) is 25.2 Å². The van der Waals surface area contributed by atoms with E-state index in [2.05, 4.69) is 0 Å². The number of sulfonamides is 1. The molecule has 0 aliphatic carbocycles. The summed E-state index contributed by atoms with van der Waals surface area (Å²) in [5.74, 6) is -0.970. The first kappa shape index (κ1) is 17.9. The van der Waals surface area contributed by atoms with Gasteiger partial charge in [-0.2, -0.15) is 0 Å². The van der Waals surface area contributed by atoms with Crippen molar-refractivity contribution in [2.45, 2.75) is 18.7 Å². The summed E-state index contributed by atoms with van der Waals surface area (Å²) < 4.78 is 44.3. The lowest BCUT2D eigenvalue weighted by Crippen LogP contribution is -2.27. The number of ether oxygens (including phenoxy) is 1. The summed E-state index contributed by atoms with van der Waals surface area (Å²) in [6, 6.07) is 9.24. The molecular formula is C17H18FNO4S. The summed E-state index contributed by atoms with van der Waals surface area (Å²) in [6.07, 6.45) is 0. The number of aryl methyl sites for hydroxylation is 1. The second kappa shape index (κ2) is 7.00. The number of carbonyl (C=O) groups excluding carboxylic acids is 1. The Kier molecular flexibility index (Phi) is 5.23. The van der Waals surface area contributed by atoms with Crippen LogP contribution in [-0.2, 0) is 14.8 Å². The van der Waals surface area contributed by atoms with Gasteiger partial charge in [-0.25, -0.2) is 17.6 Å². The van der Waals surface area contributed by atoms with E-state index >= 15 is 0 Å². The van der Waals surface area contributed by atoms with E-state index in [1.54, 1.807) is 26.0 Å². The van der Waals surface area contributed by atoms with Crippen LogP contribution in [0.25, 0.3) is 0 Å². The summed E-state index contributed by atoms with van der Waals surface area (Å²) in [5, 5.41) is 0. The van der Waals surface area contributed by atoms with E-state index < -0.39 is 21.8 Å². The Morgan fingerprint density at radius 3 is 2.33 bits per heavy atom. The van der Waals surface area contributed by atoms with Crippen LogP contribution in [-0.4, -0.2) is 28.0 Å². The molecule has 0 amide bonds. The van der Waals surface area contributed by atoms with Gasteiger partial charge >= 0.3 is 5.97 Å². The molecule has 0 saturated heterocycles. The molecule has 0 aliphatic heterocycles. The molecule has 0 aromatic heterocycles. The van der Waals surface area contributed by atoms with Crippen molar-refractivity contribution in [3.05, 3.63) is 59.4 Å². The first-order valence-corrected chi connectivity index (χ1v) is 8.73. The summed E-state index contributed by atoms with van der Waals surface area (Å²) in [6.45, 7) is 3.68. The van der Waals surface area contributed by atoms with Crippen LogP contribution in [0, 0.1) is 12.7 Å². The van der Waals surface area contributed by atoms with Crippen molar-refractivity contribution < 1.29 is 22.3 Å². The predicted molar refractivity (Wildman–Crippen MR) is 89.1 cm³/mol. The molecule has 2 rings (SSSR count). The maximum Gasteiger partial charge on any atom is 0.338 e. The van der Waals surface area contributed by atoms with Gasteiger partial charge < -0.3 is 4.74 Å². The number of rotatable bonds is 5. The maximum atomic E-state index is 13.0. The van der Waals surface area contributed by atoms with Crippen molar-refractivity contribution in [1.29, 1.82) is 0 Å². The molecule has 0 bridgehead atoms. The lowest BCUT2D eigenvalue weighted by atomic mass is 10.1. The molecular weight excluding hydrogens is 333 g/mol. The van der Waals surface area contributed by atoms with Gasteiger partial charge in [0.1, 0.15) is 5.82 Å². The monoisotopic (exact) mass is 351 g/mol. The smallest absolute Gasteiger partial charge is 0.338 e. The molecule has 128 valence electrons. The molecule has 0 aliphatic rings. The zero-order valence-corrected chi connectivity index (χ0v) is 14.4. The Morgan fingerprint density at radius 1 is 1.17 bits per heavy atom. The summed E-state index contributed by atoms with van der Waals surface area (Å²) in [7, 11) is -2.42. The van der Waals surface area contributed by atoms with Gasteiger partial charge in [0.05, 0.1) is 22.8 Å². The molecule has 0 N–H and O–H groups in total. The fourth-order valence-corrected chi connectivity index (χ4v) is 3.50. The third kappa shape index (κ3) is 3.56. The SMILES string of the molecule is CCOC(=O)c1ccc(N(C)S(=O)(=O)c2ccc(F)cc2)c(C)c1. The minimum absolute atomic E-state index is 0.0136. The van der Waals surface area contributed by atoms with Crippen LogP contribution in [0.3, 0.4) is 0 Å². The third-order valence-electron chi connectivity index (χ3n) is 3.52. The number of benzene rings is 2. The van der Waals surface area contributed by atoms with Crippen LogP contribution in [0.4, 0.5) is 10.1 Å². The Hall–Kier alpha value is -2.41. The maximum absolute atomic E-state index is 13.0. The Morgan fingerprint density at radius 2 is 1.79 bits per heavy atom. The number of nitrogens with zero attached hydrogens (tertiary/aromatic N) is 1. The van der Waals surface area contributed by atoms with Gasteiger partial charge in [-0.3, -0.25) is 4.31 Å². The van der Waals surface area contributed by atoms with E-state index in [4.69, 9.17) is 4.74 Å². The molecule has 0 radical (unpaired) electrons. The molecule has 2 aromatic carbocycles. The molecule has 7 heteroatoms. The van der Waals surface area contributed by atoms with Gasteiger partial charge in [0, 0.05) is 7.05 Å². The predicted octanol–water partition coefficient (Wildman–Crippen LogP) is 3.14. The number of anilines is 1. The van der Waals surface area contributed by atoms with Crippen LogP contribution in [0.5, 0.6) is 0 Å². The highest BCUT2D eigenvalue weighted by molar-refractivity contribution is 7.92. The second-order valence-electron chi connectivity index (χ2n) is 5.15. The first-order chi connectivity index (χ1) is 11.3. The van der Waals surface area contributed by atoms with Crippen molar-refractivity contribution in [1.82, 2.24) is 0 Å². The topological polar surface area (TPSA) is 63.7 Å². The van der Waals surface area contributed by atoms with E-state index in [1.807, 2.05) is 0 Å². The number of hydrogen-bond donors (Lipinski definition) is 0. The lowest BCUT2D eigenvalue weighted by Gasteiger charge is -2.21. The zero-order chi connectivity index (χ0) is 17.9. The molecule has 0 spiro atoms. The van der Waals surface area contributed by atoms with Crippen molar-refractivity contribution in [3.8, 4) is 0 Å². The quantitative estimate of drug-likeness (QED) is 0.777. The first-order valence-electron chi connectivity index (χ1n) is 7.29. The molecule has 2 aromatic rings. The van der Waals surface area contributed by atoms with Crippen LogP contribution in [0.15, 0.2) is 47.4 Å². The van der Waals surface area contributed by atoms with Gasteiger partial charge in [0.15, 0.2) is 0 Å². The van der Waals surface area contributed by atoms with Crippen LogP contribution in [0.2, 0.25) is 0 Å². The summed E-state index contributed by atoms with van der Waals surface area (Å²) >= 11 is 0. The molecule has 0 unspecified atom stereocenters. The van der Waals surface area contributed by atoms with Crippen molar-refractivity contribution >= 4 is 21.7 Å². The Bertz CT molecular complexity index is 847. The van der Waals surface area contributed by atoms with Crippen LogP contribution in [0.1, 0.15) is 22.8 Å². The van der Waals surface area contributed by atoms with Gasteiger partial charge in [-0.15, -0.1) is 0 Å². The summed E-state index contributed by atoms with van der Waals surface area (Å²) in [5.41, 5.74) is 1.38. The highest BCUT2D eigenvalue weighted by Crippen LogP contribution is 2.26. The second-order valence-corrected chi connectivity index (χ2v) is 7.12. The van der Waals surface area contributed by atoms with E-state index in [0.717, 1.165) is 16.4 Å². The standard InChI is InChI=1S/C17H18FNO4S/c1-4-23-17(20)13-5-10-16(12(2)11-13)19(3)24(21,22)15-8-6-14(18)7-9-15/h5-11H,4H2,1-3H3. The fraction of sp³-hybridized carbons (Fsp3) is 0.235. The number of esters is 1. The summed E-state index contributed by atoms with van der Waals surface area (Å²) in [4.78, 5) is 11.7. The van der Waals surface area contributed by atoms with E-state index in [-0.39, 0.29) is 11.5 Å². The van der Waals surface area contributed by atoms with Gasteiger partial charge in [-0.1, -0.05) is 0 Å². The Balaban J connectivity index is 2.37. The lowest BCUT2D eigenvalue weighted by molar-refractivity contribution is 0.0526. The third-order valence-corrected chi connectivity index (χ3v) is 5.30. The minimum atomic E-state index is -3.82. The molecule has 0 heterocycles. The molecule has 0 atom stereocenters. The molecule has 5 nitrogen and oxygen atoms in total. The molecule has 0 fully saturated rings. The van der Waals surface area contributed by atoms with E-state index in [9.17, 15) is 17.6 Å². The normalized spacial score (nSPS) is 11.2. The average Bonchev–Trinajstić information content (AvgIpc) is 2.54. The number of carbonyl (C=O) groups is 1. The average molecular weight is 351 g/mol. The van der Waals surface area contributed by atoms with Crippen molar-refractivity contribution in [2.24, 2.45) is 0 Å².